The Balaban J connectivity index is 0.00000578. The van der Waals surface area contributed by atoms with E-state index in [1.165, 1.54) is 64.9 Å². The van der Waals surface area contributed by atoms with Gasteiger partial charge in [0.15, 0.2) is 0 Å². The molecule has 0 radical (unpaired) electrons. The Bertz CT molecular complexity index is 837. The van der Waals surface area contributed by atoms with Gasteiger partial charge in [0.2, 0.25) is 0 Å². The van der Waals surface area contributed by atoms with Crippen LogP contribution in [0.4, 0.5) is 5.69 Å². The van der Waals surface area contributed by atoms with E-state index >= 15 is 0 Å². The van der Waals surface area contributed by atoms with Crippen molar-refractivity contribution in [3.05, 3.63) is 65.2 Å². The lowest BCUT2D eigenvalue weighted by Gasteiger charge is -2.11. The fourth-order valence-electron chi connectivity index (χ4n) is 3.84. The average molecular weight is 470 g/mol. The largest absolute Gasteiger partial charge is 0.465 e. The van der Waals surface area contributed by atoms with E-state index in [0.29, 0.717) is 17.7 Å². The summed E-state index contributed by atoms with van der Waals surface area (Å²) >= 11 is 0. The van der Waals surface area contributed by atoms with E-state index in [1.54, 1.807) is 6.07 Å². The first-order chi connectivity index (χ1) is 16.2. The number of hydrogen-bond donors (Lipinski definition) is 3. The number of amides is 1. The summed E-state index contributed by atoms with van der Waals surface area (Å²) < 4.78 is 4.84. The van der Waals surface area contributed by atoms with Crippen LogP contribution in [0, 0.1) is 0 Å². The maximum atomic E-state index is 12.4. The molecule has 2 aromatic rings. The van der Waals surface area contributed by atoms with Crippen molar-refractivity contribution in [1.82, 2.24) is 11.5 Å². The van der Waals surface area contributed by atoms with Crippen molar-refractivity contribution < 1.29 is 14.3 Å². The number of methoxy groups -OCH3 is 1. The lowest BCUT2D eigenvalue weighted by atomic mass is 10.1. The van der Waals surface area contributed by atoms with Crippen molar-refractivity contribution in [1.29, 1.82) is 0 Å². The summed E-state index contributed by atoms with van der Waals surface area (Å²) in [5.41, 5.74) is 2.96. The number of nitrogens with one attached hydrogen (secondary N) is 2. The fourth-order valence-corrected chi connectivity index (χ4v) is 3.84. The molecule has 1 amide bonds. The van der Waals surface area contributed by atoms with Crippen LogP contribution in [0.2, 0.25) is 0 Å². The number of carbonyl (C=O) groups excluding carboxylic acids is 2. The Morgan fingerprint density at radius 2 is 1.38 bits per heavy atom. The van der Waals surface area contributed by atoms with Gasteiger partial charge in [-0.05, 0) is 42.3 Å². The van der Waals surface area contributed by atoms with E-state index in [0.717, 1.165) is 24.2 Å². The molecule has 188 valence electrons. The summed E-state index contributed by atoms with van der Waals surface area (Å²) in [6.45, 7) is 3.47. The van der Waals surface area contributed by atoms with E-state index in [4.69, 9.17) is 4.74 Å². The quantitative estimate of drug-likeness (QED) is 0.183. The van der Waals surface area contributed by atoms with Gasteiger partial charge in [-0.1, -0.05) is 82.9 Å². The van der Waals surface area contributed by atoms with Gasteiger partial charge in [-0.3, -0.25) is 4.79 Å². The molecule has 0 atom stereocenters. The standard InChI is InChI=1S/C28H40N2O3.H3N/c1-3-4-5-6-7-8-9-10-11-14-21-29-27(31)23-17-19-25(20-18-23)30-22-24-15-12-13-16-26(24)28(32)33-2;/h12-13,15-20,30H,3-11,14,21-22H2,1-2H3,(H,29,31);1H3. The van der Waals surface area contributed by atoms with E-state index in [-0.39, 0.29) is 18.0 Å². The van der Waals surface area contributed by atoms with Gasteiger partial charge in [-0.2, -0.15) is 0 Å². The molecule has 2 rings (SSSR count). The summed E-state index contributed by atoms with van der Waals surface area (Å²) in [6.07, 6.45) is 12.9. The smallest absolute Gasteiger partial charge is 0.338 e. The van der Waals surface area contributed by atoms with E-state index in [1.807, 2.05) is 42.5 Å². The molecule has 0 heterocycles. The summed E-state index contributed by atoms with van der Waals surface area (Å²) in [4.78, 5) is 24.3. The minimum absolute atomic E-state index is 0. The van der Waals surface area contributed by atoms with Crippen molar-refractivity contribution in [2.24, 2.45) is 0 Å². The number of rotatable bonds is 16. The Hall–Kier alpha value is -2.86. The maximum absolute atomic E-state index is 12.4. The second-order valence-electron chi connectivity index (χ2n) is 8.52. The Morgan fingerprint density at radius 3 is 2.00 bits per heavy atom. The fraction of sp³-hybridized carbons (Fsp3) is 0.500. The molecule has 2 aromatic carbocycles. The van der Waals surface area contributed by atoms with Crippen LogP contribution < -0.4 is 16.8 Å². The molecule has 0 aliphatic heterocycles. The summed E-state index contributed by atoms with van der Waals surface area (Å²) in [7, 11) is 1.38. The third kappa shape index (κ3) is 10.8. The maximum Gasteiger partial charge on any atom is 0.338 e. The second-order valence-corrected chi connectivity index (χ2v) is 8.52. The highest BCUT2D eigenvalue weighted by molar-refractivity contribution is 5.94. The first-order valence-electron chi connectivity index (χ1n) is 12.4. The molecule has 0 aromatic heterocycles. The zero-order chi connectivity index (χ0) is 23.7. The predicted octanol–water partition coefficient (Wildman–Crippen LogP) is 6.90. The molecule has 0 unspecified atom stereocenters. The number of anilines is 1. The van der Waals surface area contributed by atoms with Gasteiger partial charge in [0.1, 0.15) is 0 Å². The first-order valence-corrected chi connectivity index (χ1v) is 12.4. The molecule has 6 heteroatoms. The first kappa shape index (κ1) is 29.2. The van der Waals surface area contributed by atoms with Gasteiger partial charge >= 0.3 is 5.97 Å². The zero-order valence-corrected chi connectivity index (χ0v) is 21.0. The molecule has 0 spiro atoms. The average Bonchev–Trinajstić information content (AvgIpc) is 2.86. The number of benzene rings is 2. The van der Waals surface area contributed by atoms with Crippen LogP contribution >= 0.6 is 0 Å². The summed E-state index contributed by atoms with van der Waals surface area (Å²) in [5.74, 6) is -0.379. The monoisotopic (exact) mass is 469 g/mol. The van der Waals surface area contributed by atoms with Crippen molar-refractivity contribution in [3.8, 4) is 0 Å². The van der Waals surface area contributed by atoms with E-state index < -0.39 is 0 Å². The molecule has 0 aliphatic carbocycles. The number of carbonyl (C=O) groups is 2. The highest BCUT2D eigenvalue weighted by atomic mass is 16.5. The van der Waals surface area contributed by atoms with Crippen molar-refractivity contribution >= 4 is 17.6 Å². The van der Waals surface area contributed by atoms with Gasteiger partial charge in [-0.15, -0.1) is 0 Å². The van der Waals surface area contributed by atoms with Crippen molar-refractivity contribution in [2.75, 3.05) is 19.0 Å². The number of esters is 1. The van der Waals surface area contributed by atoms with Crippen LogP contribution in [-0.2, 0) is 11.3 Å². The molecular weight excluding hydrogens is 426 g/mol. The lowest BCUT2D eigenvalue weighted by Crippen LogP contribution is -2.24. The minimum Gasteiger partial charge on any atom is -0.465 e. The Morgan fingerprint density at radius 1 is 0.794 bits per heavy atom. The topological polar surface area (TPSA) is 102 Å². The third-order valence-electron chi connectivity index (χ3n) is 5.87. The molecule has 5 N–H and O–H groups in total. The number of ether oxygens (including phenoxy) is 1. The van der Waals surface area contributed by atoms with Crippen LogP contribution in [0.15, 0.2) is 48.5 Å². The molecule has 0 saturated carbocycles. The van der Waals surface area contributed by atoms with Crippen LogP contribution in [-0.4, -0.2) is 25.5 Å². The summed E-state index contributed by atoms with van der Waals surface area (Å²) in [6, 6.07) is 14.8. The molecule has 0 fully saturated rings. The van der Waals surface area contributed by atoms with Gasteiger partial charge in [0.05, 0.1) is 12.7 Å². The highest BCUT2D eigenvalue weighted by Gasteiger charge is 2.11. The normalized spacial score (nSPS) is 10.3. The van der Waals surface area contributed by atoms with Crippen LogP contribution in [0.3, 0.4) is 0 Å². The Kier molecular flexibility index (Phi) is 15.1. The van der Waals surface area contributed by atoms with Gasteiger partial charge < -0.3 is 21.5 Å². The van der Waals surface area contributed by atoms with Gasteiger partial charge in [0.25, 0.3) is 5.91 Å². The third-order valence-corrected chi connectivity index (χ3v) is 5.87. The molecule has 0 aliphatic rings. The number of unbranched alkanes of at least 4 members (excludes halogenated alkanes) is 9. The molecule has 0 saturated heterocycles. The lowest BCUT2D eigenvalue weighted by molar-refractivity contribution is 0.0599. The van der Waals surface area contributed by atoms with Crippen LogP contribution in [0.25, 0.3) is 0 Å². The second kappa shape index (κ2) is 17.6. The van der Waals surface area contributed by atoms with Crippen molar-refractivity contribution in [2.45, 2.75) is 77.7 Å². The van der Waals surface area contributed by atoms with Crippen molar-refractivity contribution in [3.63, 3.8) is 0 Å². The van der Waals surface area contributed by atoms with Crippen LogP contribution in [0.1, 0.15) is 97.4 Å². The van der Waals surface area contributed by atoms with E-state index in [9.17, 15) is 9.59 Å². The zero-order valence-electron chi connectivity index (χ0n) is 21.0. The SMILES string of the molecule is CCCCCCCCCCCCNC(=O)c1ccc(NCc2ccccc2C(=O)OC)cc1.N. The molecule has 34 heavy (non-hydrogen) atoms. The molecule has 6 nitrogen and oxygen atoms in total. The minimum atomic E-state index is -0.346. The molecular formula is C28H43N3O3. The van der Waals surface area contributed by atoms with E-state index in [2.05, 4.69) is 17.6 Å². The predicted molar refractivity (Wildman–Crippen MR) is 141 cm³/mol. The van der Waals surface area contributed by atoms with Gasteiger partial charge in [0, 0.05) is 24.3 Å². The Labute approximate surface area is 205 Å². The van der Waals surface area contributed by atoms with Gasteiger partial charge in [-0.25, -0.2) is 4.79 Å². The number of hydrogen-bond acceptors (Lipinski definition) is 5. The summed E-state index contributed by atoms with van der Waals surface area (Å²) in [5, 5.41) is 6.31. The molecule has 0 bridgehead atoms. The van der Waals surface area contributed by atoms with Crippen LogP contribution in [0.5, 0.6) is 0 Å². The highest BCUT2D eigenvalue weighted by Crippen LogP contribution is 2.15.